The fraction of sp³-hybridized carbons (Fsp3) is 0.619. The minimum atomic E-state index is -0.663. The maximum Gasteiger partial charge on any atom is 0.309 e. The largest absolute Gasteiger partial charge is 0.481 e. The van der Waals surface area contributed by atoms with E-state index in [1.165, 1.54) is 5.56 Å². The van der Waals surface area contributed by atoms with Gasteiger partial charge in [-0.05, 0) is 69.3 Å². The van der Waals surface area contributed by atoms with Gasteiger partial charge in [-0.2, -0.15) is 0 Å². The number of hydrogen-bond donors (Lipinski definition) is 2. The Balaban J connectivity index is 1.28. The van der Waals surface area contributed by atoms with Crippen LogP contribution in [0, 0.1) is 16.7 Å². The molecule has 1 amide bonds. The van der Waals surface area contributed by atoms with E-state index in [1.807, 2.05) is 6.07 Å². The summed E-state index contributed by atoms with van der Waals surface area (Å²) in [5.41, 5.74) is 0.543. The first-order valence-electron chi connectivity index (χ1n) is 9.60. The van der Waals surface area contributed by atoms with Crippen molar-refractivity contribution >= 4 is 11.9 Å². The lowest BCUT2D eigenvalue weighted by atomic mass is 9.53. The standard InChI is InChI=1S/C21H27NO3/c23-18(20-6-9-21(10-7-20,11-8-20)19(24)25)22-17-13-16(14-17)12-15-4-2-1-3-5-15/h1-5,16-17H,6-14H2,(H,22,23)(H,24,25). The first-order valence-corrected chi connectivity index (χ1v) is 9.60. The van der Waals surface area contributed by atoms with E-state index in [9.17, 15) is 14.7 Å². The summed E-state index contributed by atoms with van der Waals surface area (Å²) < 4.78 is 0. The number of benzene rings is 1. The van der Waals surface area contributed by atoms with Gasteiger partial charge in [0.05, 0.1) is 5.41 Å². The topological polar surface area (TPSA) is 66.4 Å². The Bertz CT molecular complexity index is 638. The van der Waals surface area contributed by atoms with E-state index in [4.69, 9.17) is 0 Å². The second-order valence-electron chi connectivity index (χ2n) is 8.56. The molecule has 4 aliphatic carbocycles. The van der Waals surface area contributed by atoms with Gasteiger partial charge in [-0.25, -0.2) is 0 Å². The molecule has 4 saturated carbocycles. The highest BCUT2D eigenvalue weighted by molar-refractivity contribution is 5.85. The number of nitrogens with one attached hydrogen (secondary N) is 1. The molecule has 2 N–H and O–H groups in total. The zero-order valence-corrected chi connectivity index (χ0v) is 14.7. The number of carboxylic acid groups (broad SMARTS) is 1. The molecule has 0 radical (unpaired) electrons. The van der Waals surface area contributed by atoms with Crippen LogP contribution in [0.3, 0.4) is 0 Å². The van der Waals surface area contributed by atoms with Gasteiger partial charge in [-0.1, -0.05) is 30.3 Å². The van der Waals surface area contributed by atoms with Gasteiger partial charge in [0, 0.05) is 11.5 Å². The molecule has 0 aliphatic heterocycles. The Morgan fingerprint density at radius 2 is 1.52 bits per heavy atom. The van der Waals surface area contributed by atoms with Crippen LogP contribution in [0.5, 0.6) is 0 Å². The van der Waals surface area contributed by atoms with Gasteiger partial charge in [0.25, 0.3) is 0 Å². The summed E-state index contributed by atoms with van der Waals surface area (Å²) in [5, 5.41) is 12.8. The maximum atomic E-state index is 12.9. The summed E-state index contributed by atoms with van der Waals surface area (Å²) in [4.78, 5) is 24.4. The van der Waals surface area contributed by atoms with Crippen molar-refractivity contribution in [1.29, 1.82) is 0 Å². The predicted octanol–water partition coefficient (Wildman–Crippen LogP) is 3.55. The molecule has 1 aromatic rings. The van der Waals surface area contributed by atoms with Crippen LogP contribution in [0.15, 0.2) is 30.3 Å². The quantitative estimate of drug-likeness (QED) is 0.861. The number of hydrogen-bond acceptors (Lipinski definition) is 2. The molecule has 0 atom stereocenters. The summed E-state index contributed by atoms with van der Waals surface area (Å²) in [6.07, 6.45) is 7.44. The van der Waals surface area contributed by atoms with Crippen LogP contribution in [-0.2, 0) is 16.0 Å². The van der Waals surface area contributed by atoms with Crippen molar-refractivity contribution in [2.24, 2.45) is 16.7 Å². The van der Waals surface area contributed by atoms with Crippen molar-refractivity contribution in [2.75, 3.05) is 0 Å². The maximum absolute atomic E-state index is 12.9. The van der Waals surface area contributed by atoms with Crippen molar-refractivity contribution in [3.05, 3.63) is 35.9 Å². The normalized spacial score (nSPS) is 36.5. The third-order valence-electron chi connectivity index (χ3n) is 7.12. The fourth-order valence-electron chi connectivity index (χ4n) is 5.15. The first kappa shape index (κ1) is 16.6. The van der Waals surface area contributed by atoms with Gasteiger partial charge < -0.3 is 10.4 Å². The average Bonchev–Trinajstić information content (AvgIpc) is 2.62. The van der Waals surface area contributed by atoms with Crippen LogP contribution in [0.4, 0.5) is 0 Å². The Morgan fingerprint density at radius 1 is 0.960 bits per heavy atom. The molecule has 134 valence electrons. The summed E-state index contributed by atoms with van der Waals surface area (Å²) >= 11 is 0. The number of aliphatic carboxylic acids is 1. The number of amides is 1. The van der Waals surface area contributed by atoms with Crippen LogP contribution >= 0.6 is 0 Å². The van der Waals surface area contributed by atoms with Crippen molar-refractivity contribution in [1.82, 2.24) is 5.32 Å². The van der Waals surface area contributed by atoms with Gasteiger partial charge in [0.2, 0.25) is 5.91 Å². The smallest absolute Gasteiger partial charge is 0.309 e. The van der Waals surface area contributed by atoms with E-state index in [2.05, 4.69) is 29.6 Å². The molecule has 0 heterocycles. The summed E-state index contributed by atoms with van der Waals surface area (Å²) in [6.45, 7) is 0. The van der Waals surface area contributed by atoms with E-state index in [0.717, 1.165) is 38.5 Å². The second-order valence-corrected chi connectivity index (χ2v) is 8.56. The van der Waals surface area contributed by atoms with E-state index in [1.54, 1.807) is 0 Å². The van der Waals surface area contributed by atoms with Crippen molar-refractivity contribution in [3.8, 4) is 0 Å². The summed E-state index contributed by atoms with van der Waals surface area (Å²) in [6, 6.07) is 10.8. The third-order valence-corrected chi connectivity index (χ3v) is 7.12. The van der Waals surface area contributed by atoms with Crippen LogP contribution in [0.25, 0.3) is 0 Å². The lowest BCUT2D eigenvalue weighted by Gasteiger charge is -2.51. The first-order chi connectivity index (χ1) is 12.0. The number of rotatable bonds is 5. The molecule has 5 rings (SSSR count). The van der Waals surface area contributed by atoms with E-state index in [-0.39, 0.29) is 11.3 Å². The molecule has 2 bridgehead atoms. The number of carboxylic acids is 1. The third kappa shape index (κ3) is 2.96. The monoisotopic (exact) mass is 341 g/mol. The molecule has 4 aliphatic rings. The molecule has 25 heavy (non-hydrogen) atoms. The predicted molar refractivity (Wildman–Crippen MR) is 95.0 cm³/mol. The van der Waals surface area contributed by atoms with Crippen LogP contribution < -0.4 is 5.32 Å². The molecule has 0 spiro atoms. The highest BCUT2D eigenvalue weighted by Gasteiger charge is 2.55. The lowest BCUT2D eigenvalue weighted by molar-refractivity contribution is -0.163. The van der Waals surface area contributed by atoms with Gasteiger partial charge in [0.1, 0.15) is 0 Å². The Kier molecular flexibility index (Phi) is 4.09. The minimum absolute atomic E-state index is 0.189. The molecular weight excluding hydrogens is 314 g/mol. The number of carbonyl (C=O) groups excluding carboxylic acids is 1. The van der Waals surface area contributed by atoms with E-state index >= 15 is 0 Å². The zero-order chi connectivity index (χ0) is 17.5. The Hall–Kier alpha value is -1.84. The van der Waals surface area contributed by atoms with Gasteiger partial charge >= 0.3 is 5.97 Å². The molecule has 4 heteroatoms. The van der Waals surface area contributed by atoms with Crippen LogP contribution in [-0.4, -0.2) is 23.0 Å². The fourth-order valence-corrected chi connectivity index (χ4v) is 5.15. The van der Waals surface area contributed by atoms with E-state index < -0.39 is 11.4 Å². The zero-order valence-electron chi connectivity index (χ0n) is 14.7. The molecule has 4 fully saturated rings. The van der Waals surface area contributed by atoms with Crippen molar-refractivity contribution < 1.29 is 14.7 Å². The SMILES string of the molecule is O=C(O)C12CCC(C(=O)NC3CC(Cc4ccccc4)C3)(CC1)CC2. The minimum Gasteiger partial charge on any atom is -0.481 e. The Morgan fingerprint density at radius 3 is 2.08 bits per heavy atom. The van der Waals surface area contributed by atoms with Gasteiger partial charge in [-0.3, -0.25) is 9.59 Å². The molecule has 4 nitrogen and oxygen atoms in total. The van der Waals surface area contributed by atoms with Crippen LogP contribution in [0.2, 0.25) is 0 Å². The van der Waals surface area contributed by atoms with Gasteiger partial charge in [-0.15, -0.1) is 0 Å². The Labute approximate surface area is 149 Å². The molecule has 0 aromatic heterocycles. The second kappa shape index (κ2) is 6.15. The highest BCUT2D eigenvalue weighted by atomic mass is 16.4. The number of fused-ring (bicyclic) bond motifs is 3. The molecule has 0 unspecified atom stereocenters. The lowest BCUT2D eigenvalue weighted by Crippen LogP contribution is -2.56. The highest BCUT2D eigenvalue weighted by Crippen LogP contribution is 2.57. The van der Waals surface area contributed by atoms with E-state index in [0.29, 0.717) is 31.2 Å². The van der Waals surface area contributed by atoms with Crippen molar-refractivity contribution in [3.63, 3.8) is 0 Å². The molecule has 0 saturated heterocycles. The number of carbonyl (C=O) groups is 2. The molecule has 1 aromatic carbocycles. The summed E-state index contributed by atoms with van der Waals surface area (Å²) in [5.74, 6) is 0.195. The van der Waals surface area contributed by atoms with Crippen LogP contribution in [0.1, 0.15) is 56.9 Å². The van der Waals surface area contributed by atoms with Gasteiger partial charge in [0.15, 0.2) is 0 Å². The average molecular weight is 341 g/mol. The van der Waals surface area contributed by atoms with Crippen molar-refractivity contribution in [2.45, 2.75) is 63.8 Å². The molecular formula is C21H27NO3. The summed E-state index contributed by atoms with van der Waals surface area (Å²) in [7, 11) is 0.